The summed E-state index contributed by atoms with van der Waals surface area (Å²) in [5.41, 5.74) is 8.11. The Hall–Kier alpha value is -0.760. The molecule has 8 heteroatoms. The smallest absolute Gasteiger partial charge is 0.240 e. The van der Waals surface area contributed by atoms with Crippen molar-refractivity contribution in [2.24, 2.45) is 43.7 Å². The van der Waals surface area contributed by atoms with Gasteiger partial charge in [-0.2, -0.15) is 10.2 Å². The first-order valence-corrected chi connectivity index (χ1v) is 14.6. The van der Waals surface area contributed by atoms with E-state index < -0.39 is 0 Å². The lowest BCUT2D eigenvalue weighted by Crippen LogP contribution is -2.36. The Morgan fingerprint density at radius 2 is 1.12 bits per heavy atom. The van der Waals surface area contributed by atoms with Crippen LogP contribution in [0.15, 0.2) is 10.2 Å². The van der Waals surface area contributed by atoms with Gasteiger partial charge in [0.05, 0.1) is 21.1 Å². The van der Waals surface area contributed by atoms with Crippen molar-refractivity contribution in [2.45, 2.75) is 103 Å². The molecule has 0 aromatic rings. The van der Waals surface area contributed by atoms with E-state index >= 15 is 0 Å². The van der Waals surface area contributed by atoms with E-state index in [4.69, 9.17) is 0 Å². The maximum absolute atomic E-state index is 12.4. The van der Waals surface area contributed by atoms with E-state index in [2.05, 4.69) is 94.5 Å². The second-order valence-electron chi connectivity index (χ2n) is 12.5. The van der Waals surface area contributed by atoms with Crippen LogP contribution in [0.2, 0.25) is 0 Å². The third kappa shape index (κ3) is 3.84. The molecule has 6 atom stereocenters. The minimum absolute atomic E-state index is 0.0257. The normalized spacial score (nSPS) is 41.4. The van der Waals surface area contributed by atoms with Gasteiger partial charge in [0.25, 0.3) is 0 Å². The largest absolute Gasteiger partial charge is 0.273 e. The summed E-state index contributed by atoms with van der Waals surface area (Å²) in [7, 11) is 0. The van der Waals surface area contributed by atoms with Gasteiger partial charge >= 0.3 is 0 Å². The Labute approximate surface area is 221 Å². The fourth-order valence-electron chi connectivity index (χ4n) is 7.30. The number of carbonyl (C=O) groups excluding carboxylic acids is 2. The highest BCUT2D eigenvalue weighted by Crippen LogP contribution is 2.66. The number of hydrogen-bond acceptors (Lipinski definition) is 4. The Bertz CT molecular complexity index is 856. The van der Waals surface area contributed by atoms with Crippen LogP contribution in [-0.4, -0.2) is 32.9 Å². The topological polar surface area (TPSA) is 82.9 Å². The number of halogens is 2. The Morgan fingerprint density at radius 1 is 0.765 bits per heavy atom. The number of fused-ring (bicyclic) bond motifs is 4. The van der Waals surface area contributed by atoms with Gasteiger partial charge in [0.15, 0.2) is 0 Å². The molecule has 6 unspecified atom stereocenters. The van der Waals surface area contributed by atoms with Gasteiger partial charge in [0.2, 0.25) is 11.8 Å². The van der Waals surface area contributed by atoms with E-state index in [1.54, 1.807) is 0 Å². The lowest BCUT2D eigenvalue weighted by molar-refractivity contribution is -0.123. The van der Waals surface area contributed by atoms with Crippen LogP contribution in [0.3, 0.4) is 0 Å². The van der Waals surface area contributed by atoms with E-state index in [1.807, 2.05) is 0 Å². The van der Waals surface area contributed by atoms with Crippen LogP contribution < -0.4 is 10.9 Å². The summed E-state index contributed by atoms with van der Waals surface area (Å²) in [4.78, 5) is 25.2. The standard InChI is InChI=1S/C26H40Br2N4O2/c1-23(2)15-11-13-25(23,5)21(19(15)27)31-29-17(33)9-7-8-10-18(34)30-32-22-20(28)16-12-14-26(22,6)24(16,3)4/h15-16,19-20H,7-14H2,1-6H3,(H,29,33)(H,30,34)/b31-21-,32-22+. The van der Waals surface area contributed by atoms with E-state index in [-0.39, 0.29) is 43.1 Å². The number of amides is 2. The van der Waals surface area contributed by atoms with E-state index in [1.165, 1.54) is 12.8 Å². The van der Waals surface area contributed by atoms with E-state index in [0.29, 0.717) is 37.5 Å². The molecule has 34 heavy (non-hydrogen) atoms. The van der Waals surface area contributed by atoms with Gasteiger partial charge in [-0.05, 0) is 61.2 Å². The molecule has 4 rings (SSSR count). The van der Waals surface area contributed by atoms with Crippen LogP contribution >= 0.6 is 31.9 Å². The molecule has 0 spiro atoms. The van der Waals surface area contributed by atoms with Crippen LogP contribution in [-0.2, 0) is 9.59 Å². The van der Waals surface area contributed by atoms with E-state index in [9.17, 15) is 9.59 Å². The third-order valence-corrected chi connectivity index (χ3v) is 12.8. The lowest BCUT2D eigenvalue weighted by Gasteiger charge is -2.34. The predicted octanol–water partition coefficient (Wildman–Crippen LogP) is 5.93. The van der Waals surface area contributed by atoms with Gasteiger partial charge < -0.3 is 0 Å². The van der Waals surface area contributed by atoms with Crippen LogP contribution in [0.5, 0.6) is 0 Å². The first kappa shape index (κ1) is 26.3. The van der Waals surface area contributed by atoms with Crippen molar-refractivity contribution in [3.63, 3.8) is 0 Å². The molecule has 4 aliphatic rings. The van der Waals surface area contributed by atoms with Crippen LogP contribution in [0.25, 0.3) is 0 Å². The average molecular weight is 600 g/mol. The highest BCUT2D eigenvalue weighted by molar-refractivity contribution is 9.10. The quantitative estimate of drug-likeness (QED) is 0.216. The minimum Gasteiger partial charge on any atom is -0.273 e. The van der Waals surface area contributed by atoms with Gasteiger partial charge in [-0.3, -0.25) is 9.59 Å². The predicted molar refractivity (Wildman–Crippen MR) is 144 cm³/mol. The number of hydrogen-bond donors (Lipinski definition) is 2. The van der Waals surface area contributed by atoms with Crippen molar-refractivity contribution >= 4 is 55.1 Å². The van der Waals surface area contributed by atoms with Crippen molar-refractivity contribution in [3.05, 3.63) is 0 Å². The molecule has 190 valence electrons. The highest BCUT2D eigenvalue weighted by Gasteiger charge is 2.65. The fraction of sp³-hybridized carbons (Fsp3) is 0.846. The Morgan fingerprint density at radius 3 is 1.41 bits per heavy atom. The molecular weight excluding hydrogens is 560 g/mol. The second kappa shape index (κ2) is 8.97. The molecular formula is C26H40Br2N4O2. The van der Waals surface area contributed by atoms with Crippen molar-refractivity contribution < 1.29 is 9.59 Å². The molecule has 0 heterocycles. The van der Waals surface area contributed by atoms with Crippen molar-refractivity contribution in [1.29, 1.82) is 0 Å². The molecule has 4 saturated carbocycles. The summed E-state index contributed by atoms with van der Waals surface area (Å²) < 4.78 is 0. The summed E-state index contributed by atoms with van der Waals surface area (Å²) in [5.74, 6) is 0.943. The minimum atomic E-state index is -0.0868. The summed E-state index contributed by atoms with van der Waals surface area (Å²) in [6.45, 7) is 13.8. The molecule has 4 aliphatic carbocycles. The number of alkyl halides is 2. The Kier molecular flexibility index (Phi) is 6.94. The zero-order valence-corrected chi connectivity index (χ0v) is 24.6. The highest BCUT2D eigenvalue weighted by atomic mass is 79.9. The second-order valence-corrected chi connectivity index (χ2v) is 14.4. The number of nitrogens with one attached hydrogen (secondary N) is 2. The van der Waals surface area contributed by atoms with Crippen molar-refractivity contribution in [3.8, 4) is 0 Å². The number of carbonyl (C=O) groups is 2. The fourth-order valence-corrected chi connectivity index (χ4v) is 10.4. The van der Waals surface area contributed by atoms with E-state index in [0.717, 1.165) is 24.3 Å². The molecule has 4 fully saturated rings. The number of hydrazone groups is 2. The molecule has 2 amide bonds. The number of nitrogens with zero attached hydrogens (tertiary/aromatic N) is 2. The van der Waals surface area contributed by atoms with Gasteiger partial charge in [-0.25, -0.2) is 10.9 Å². The summed E-state index contributed by atoms with van der Waals surface area (Å²) in [5, 5.41) is 9.11. The number of unbranched alkanes of at least 4 members (excludes halogenated alkanes) is 1. The zero-order chi connectivity index (χ0) is 25.1. The number of rotatable bonds is 7. The molecule has 0 aromatic heterocycles. The first-order chi connectivity index (χ1) is 15.8. The zero-order valence-electron chi connectivity index (χ0n) is 21.4. The molecule has 0 aliphatic heterocycles. The molecule has 0 aromatic carbocycles. The van der Waals surface area contributed by atoms with Crippen molar-refractivity contribution in [2.75, 3.05) is 0 Å². The van der Waals surface area contributed by atoms with Crippen molar-refractivity contribution in [1.82, 2.24) is 10.9 Å². The average Bonchev–Trinajstić information content (AvgIpc) is 3.23. The first-order valence-electron chi connectivity index (χ1n) is 12.8. The maximum Gasteiger partial charge on any atom is 0.240 e. The molecule has 4 bridgehead atoms. The Balaban J connectivity index is 1.20. The summed E-state index contributed by atoms with van der Waals surface area (Å²) >= 11 is 7.65. The van der Waals surface area contributed by atoms with Crippen LogP contribution in [0.1, 0.15) is 92.9 Å². The van der Waals surface area contributed by atoms with Crippen LogP contribution in [0, 0.1) is 33.5 Å². The lowest BCUT2D eigenvalue weighted by atomic mass is 9.70. The molecule has 2 N–H and O–H groups in total. The van der Waals surface area contributed by atoms with Gasteiger partial charge in [-0.15, -0.1) is 0 Å². The third-order valence-electron chi connectivity index (χ3n) is 10.6. The maximum atomic E-state index is 12.4. The summed E-state index contributed by atoms with van der Waals surface area (Å²) in [6, 6.07) is 0. The van der Waals surface area contributed by atoms with Gasteiger partial charge in [-0.1, -0.05) is 73.4 Å². The van der Waals surface area contributed by atoms with Crippen LogP contribution in [0.4, 0.5) is 0 Å². The monoisotopic (exact) mass is 598 g/mol. The molecule has 6 nitrogen and oxygen atoms in total. The SMILES string of the molecule is CC12CCC(C(Br)/C1=N\NC(=O)CCCCC(=O)N/N=C1/C(Br)C3CCC1(C)C3(C)C)C2(C)C. The summed E-state index contributed by atoms with van der Waals surface area (Å²) in [6.07, 6.45) is 6.68. The molecule has 0 radical (unpaired) electrons. The molecule has 0 saturated heterocycles. The van der Waals surface area contributed by atoms with Gasteiger partial charge in [0, 0.05) is 23.7 Å². The van der Waals surface area contributed by atoms with Gasteiger partial charge in [0.1, 0.15) is 0 Å².